The molecule has 1 aromatic heterocycles. The Balaban J connectivity index is 2.51. The van der Waals surface area contributed by atoms with E-state index >= 15 is 0 Å². The first-order valence-electron chi connectivity index (χ1n) is 3.58. The molecular weight excluding hydrogens is 174 g/mol. The van der Waals surface area contributed by atoms with Gasteiger partial charge in [-0.2, -0.15) is 0 Å². The molecule has 0 fully saturated rings. The summed E-state index contributed by atoms with van der Waals surface area (Å²) in [7, 11) is 0. The molecule has 0 radical (unpaired) electrons. The second kappa shape index (κ2) is 4.66. The molecular formula is C8H9NO2S. The van der Waals surface area contributed by atoms with E-state index < -0.39 is 0 Å². The van der Waals surface area contributed by atoms with E-state index in [4.69, 9.17) is 0 Å². The van der Waals surface area contributed by atoms with E-state index in [1.165, 1.54) is 17.6 Å². The van der Waals surface area contributed by atoms with Crippen molar-refractivity contribution < 1.29 is 9.53 Å². The van der Waals surface area contributed by atoms with Crippen LogP contribution >= 0.6 is 11.3 Å². The number of thiophene rings is 1. The predicted molar refractivity (Wildman–Crippen MR) is 48.7 cm³/mol. The van der Waals surface area contributed by atoms with Crippen molar-refractivity contribution in [1.29, 1.82) is 0 Å². The molecule has 0 bridgehead atoms. The number of hydrogen-bond acceptors (Lipinski definition) is 3. The van der Waals surface area contributed by atoms with Gasteiger partial charge in [0.05, 0.1) is 11.3 Å². The van der Waals surface area contributed by atoms with Gasteiger partial charge in [-0.15, -0.1) is 11.3 Å². The second-order valence-electron chi connectivity index (χ2n) is 2.24. The first-order chi connectivity index (χ1) is 5.83. The van der Waals surface area contributed by atoms with Gasteiger partial charge in [-0.25, -0.2) is 4.74 Å². The molecule has 0 N–H and O–H groups in total. The van der Waals surface area contributed by atoms with Gasteiger partial charge < -0.3 is 10.0 Å². The fraction of sp³-hybridized carbons (Fsp3) is 0.250. The minimum atomic E-state index is 0.237. The first kappa shape index (κ1) is 8.93. The second-order valence-corrected chi connectivity index (χ2v) is 3.22. The Hall–Kier alpha value is -1.16. The summed E-state index contributed by atoms with van der Waals surface area (Å²) >= 11 is 1.50. The molecule has 0 saturated heterocycles. The minimum Gasteiger partial charge on any atom is -0.624 e. The van der Waals surface area contributed by atoms with Gasteiger partial charge in [0.2, 0.25) is 0 Å². The number of aldehydes is 1. The molecule has 1 aromatic rings. The zero-order chi connectivity index (χ0) is 8.81. The third kappa shape index (κ3) is 2.84. The van der Waals surface area contributed by atoms with E-state index in [1.807, 2.05) is 17.5 Å². The topological polar surface area (TPSA) is 43.1 Å². The molecule has 12 heavy (non-hydrogen) atoms. The Bertz CT molecular complexity index is 267. The first-order valence-corrected chi connectivity index (χ1v) is 4.46. The molecule has 3 nitrogen and oxygen atoms in total. The standard InChI is InChI=1S/C8H9NO2S/c10-5-2-4-9(11)7-8-3-1-6-12-8/h1,3,5-7H,2,4H2/b9-7-. The molecule has 1 heterocycles. The van der Waals surface area contributed by atoms with Crippen molar-refractivity contribution >= 4 is 23.8 Å². The van der Waals surface area contributed by atoms with Crippen molar-refractivity contribution in [2.75, 3.05) is 6.54 Å². The van der Waals surface area contributed by atoms with E-state index in [2.05, 4.69) is 0 Å². The van der Waals surface area contributed by atoms with Gasteiger partial charge in [-0.3, -0.25) is 0 Å². The molecule has 4 heteroatoms. The van der Waals surface area contributed by atoms with Gasteiger partial charge in [-0.05, 0) is 11.4 Å². The maximum absolute atomic E-state index is 11.0. The monoisotopic (exact) mass is 183 g/mol. The molecule has 0 aliphatic carbocycles. The van der Waals surface area contributed by atoms with Crippen LogP contribution < -0.4 is 0 Å². The highest BCUT2D eigenvalue weighted by atomic mass is 32.1. The summed E-state index contributed by atoms with van der Waals surface area (Å²) in [5.74, 6) is 0. The predicted octanol–water partition coefficient (Wildman–Crippen LogP) is 1.27. The van der Waals surface area contributed by atoms with Gasteiger partial charge in [0.15, 0.2) is 12.8 Å². The molecule has 0 atom stereocenters. The summed E-state index contributed by atoms with van der Waals surface area (Å²) in [5, 5.41) is 12.9. The number of hydrogen-bond donors (Lipinski definition) is 0. The highest BCUT2D eigenvalue weighted by molar-refractivity contribution is 7.11. The van der Waals surface area contributed by atoms with Crippen molar-refractivity contribution in [1.82, 2.24) is 0 Å². The smallest absolute Gasteiger partial charge is 0.191 e. The SMILES string of the molecule is O=CCC/[N+]([O-])=C/c1cccs1. The molecule has 0 amide bonds. The summed E-state index contributed by atoms with van der Waals surface area (Å²) in [4.78, 5) is 10.8. The maximum atomic E-state index is 11.0. The summed E-state index contributed by atoms with van der Waals surface area (Å²) < 4.78 is 0.778. The molecule has 1 rings (SSSR count). The van der Waals surface area contributed by atoms with E-state index in [-0.39, 0.29) is 13.0 Å². The van der Waals surface area contributed by atoms with Gasteiger partial charge in [-0.1, -0.05) is 6.07 Å². The lowest BCUT2D eigenvalue weighted by molar-refractivity contribution is -0.450. The van der Waals surface area contributed by atoms with Crippen molar-refractivity contribution in [3.8, 4) is 0 Å². The van der Waals surface area contributed by atoms with Crippen molar-refractivity contribution in [2.24, 2.45) is 0 Å². The fourth-order valence-corrected chi connectivity index (χ4v) is 1.40. The van der Waals surface area contributed by atoms with Crippen molar-refractivity contribution in [2.45, 2.75) is 6.42 Å². The molecule has 64 valence electrons. The Labute approximate surface area is 74.5 Å². The normalized spacial score (nSPS) is 11.5. The van der Waals surface area contributed by atoms with E-state index in [9.17, 15) is 10.0 Å². The summed E-state index contributed by atoms with van der Waals surface area (Å²) in [6.07, 6.45) is 2.52. The number of nitrogens with zero attached hydrogens (tertiary/aromatic N) is 1. The van der Waals surface area contributed by atoms with Gasteiger partial charge in [0.1, 0.15) is 6.29 Å². The van der Waals surface area contributed by atoms with Crippen LogP contribution in [-0.2, 0) is 4.79 Å². The van der Waals surface area contributed by atoms with Crippen LogP contribution in [0, 0.1) is 5.21 Å². The summed E-state index contributed by atoms with van der Waals surface area (Å²) in [5.41, 5.74) is 0. The largest absolute Gasteiger partial charge is 0.624 e. The third-order valence-electron chi connectivity index (χ3n) is 1.28. The Morgan fingerprint density at radius 1 is 1.67 bits per heavy atom. The highest BCUT2D eigenvalue weighted by Crippen LogP contribution is 2.04. The Kier molecular flexibility index (Phi) is 3.47. The zero-order valence-corrected chi connectivity index (χ0v) is 7.29. The van der Waals surface area contributed by atoms with Crippen molar-refractivity contribution in [3.63, 3.8) is 0 Å². The lowest BCUT2D eigenvalue weighted by Crippen LogP contribution is -2.06. The van der Waals surface area contributed by atoms with Crippen LogP contribution in [0.25, 0.3) is 0 Å². The Morgan fingerprint density at radius 3 is 3.08 bits per heavy atom. The summed E-state index contributed by atoms with van der Waals surface area (Å²) in [6, 6.07) is 3.74. The number of hydroxylamine groups is 1. The number of rotatable bonds is 4. The van der Waals surface area contributed by atoms with E-state index in [1.54, 1.807) is 0 Å². The number of carbonyl (C=O) groups excluding carboxylic acids is 1. The van der Waals surface area contributed by atoms with Gasteiger partial charge in [0.25, 0.3) is 0 Å². The van der Waals surface area contributed by atoms with E-state index in [0.29, 0.717) is 0 Å². The van der Waals surface area contributed by atoms with Crippen LogP contribution in [0.1, 0.15) is 11.3 Å². The minimum absolute atomic E-state index is 0.237. The maximum Gasteiger partial charge on any atom is 0.191 e. The molecule has 0 saturated carbocycles. The molecule has 0 spiro atoms. The van der Waals surface area contributed by atoms with E-state index in [0.717, 1.165) is 15.9 Å². The highest BCUT2D eigenvalue weighted by Gasteiger charge is 1.95. The van der Waals surface area contributed by atoms with Crippen molar-refractivity contribution in [3.05, 3.63) is 27.6 Å². The average molecular weight is 183 g/mol. The quantitative estimate of drug-likeness (QED) is 0.232. The van der Waals surface area contributed by atoms with Crippen LogP contribution in [0.2, 0.25) is 0 Å². The van der Waals surface area contributed by atoms with Crippen LogP contribution in [-0.4, -0.2) is 23.8 Å². The third-order valence-corrected chi connectivity index (χ3v) is 2.09. The molecule has 0 unspecified atom stereocenters. The van der Waals surface area contributed by atoms with Crippen LogP contribution in [0.15, 0.2) is 17.5 Å². The summed E-state index contributed by atoms with van der Waals surface area (Å²) in [6.45, 7) is 0.237. The van der Waals surface area contributed by atoms with Crippen LogP contribution in [0.3, 0.4) is 0 Å². The van der Waals surface area contributed by atoms with Gasteiger partial charge >= 0.3 is 0 Å². The molecule has 0 aliphatic heterocycles. The molecule has 0 aliphatic rings. The Morgan fingerprint density at radius 2 is 2.50 bits per heavy atom. The van der Waals surface area contributed by atoms with Crippen LogP contribution in [0.4, 0.5) is 0 Å². The van der Waals surface area contributed by atoms with Gasteiger partial charge in [0, 0.05) is 0 Å². The van der Waals surface area contributed by atoms with Crippen LogP contribution in [0.5, 0.6) is 0 Å². The lowest BCUT2D eigenvalue weighted by Gasteiger charge is -1.98. The molecule has 0 aromatic carbocycles. The lowest BCUT2D eigenvalue weighted by atomic mass is 10.4. The zero-order valence-electron chi connectivity index (χ0n) is 6.47. The average Bonchev–Trinajstić information content (AvgIpc) is 2.53. The fourth-order valence-electron chi connectivity index (χ4n) is 0.751. The number of carbonyl (C=O) groups is 1.